The maximum Gasteiger partial charge on any atom is 0.222 e. The molecule has 5 N–H and O–H groups in total. The van der Waals surface area contributed by atoms with E-state index in [0.29, 0.717) is 11.3 Å². The number of rotatable bonds is 5. The van der Waals surface area contributed by atoms with Crippen molar-refractivity contribution in [2.75, 3.05) is 11.5 Å². The first-order chi connectivity index (χ1) is 14.4. The van der Waals surface area contributed by atoms with Crippen LogP contribution in [-0.4, -0.2) is 15.1 Å². The van der Waals surface area contributed by atoms with Gasteiger partial charge < -0.3 is 16.6 Å². The Labute approximate surface area is 180 Å². The fourth-order valence-corrected chi connectivity index (χ4v) is 4.76. The summed E-state index contributed by atoms with van der Waals surface area (Å²) in [6.07, 6.45) is 0. The first-order valence-electron chi connectivity index (χ1n) is 9.77. The third-order valence-electron chi connectivity index (χ3n) is 5.27. The zero-order valence-corrected chi connectivity index (χ0v) is 17.7. The Balaban J connectivity index is 1.99. The van der Waals surface area contributed by atoms with Gasteiger partial charge in [-0.3, -0.25) is 0 Å². The van der Waals surface area contributed by atoms with Crippen molar-refractivity contribution in [2.24, 2.45) is 5.92 Å². The molecule has 152 valence electrons. The quantitative estimate of drug-likeness (QED) is 0.431. The van der Waals surface area contributed by atoms with Crippen LogP contribution in [0.25, 0.3) is 10.9 Å². The molecule has 6 heteroatoms. The van der Waals surface area contributed by atoms with Crippen molar-refractivity contribution in [3.8, 4) is 0 Å². The highest BCUT2D eigenvalue weighted by Gasteiger charge is 2.36. The lowest BCUT2D eigenvalue weighted by molar-refractivity contribution is 0.0317. The van der Waals surface area contributed by atoms with Gasteiger partial charge in [-0.1, -0.05) is 74.1 Å². The topological polar surface area (TPSA) is 98.0 Å². The van der Waals surface area contributed by atoms with E-state index in [4.69, 9.17) is 11.5 Å². The van der Waals surface area contributed by atoms with Gasteiger partial charge >= 0.3 is 0 Å². The molecule has 30 heavy (non-hydrogen) atoms. The second-order valence-electron chi connectivity index (χ2n) is 7.54. The lowest BCUT2D eigenvalue weighted by atomic mass is 9.77. The molecule has 0 amide bonds. The minimum absolute atomic E-state index is 0.0801. The van der Waals surface area contributed by atoms with Gasteiger partial charge in [-0.2, -0.15) is 4.98 Å². The summed E-state index contributed by atoms with van der Waals surface area (Å²) in [4.78, 5) is 10.5. The minimum Gasteiger partial charge on any atom is -0.383 e. The van der Waals surface area contributed by atoms with Crippen LogP contribution in [0.4, 0.5) is 11.8 Å². The molecule has 1 aromatic heterocycles. The number of fused-ring (bicyclic) bond motifs is 1. The van der Waals surface area contributed by atoms with Crippen molar-refractivity contribution in [1.29, 1.82) is 0 Å². The van der Waals surface area contributed by atoms with Crippen molar-refractivity contribution in [2.45, 2.75) is 29.2 Å². The van der Waals surface area contributed by atoms with Crippen molar-refractivity contribution >= 4 is 34.4 Å². The molecule has 4 rings (SSSR count). The van der Waals surface area contributed by atoms with Crippen LogP contribution in [0.1, 0.15) is 25.0 Å². The standard InChI is InChI=1S/C24H24N4OS/c1-15(2)24(29,16-9-5-3-6-10-16)17-13-19-21(22(25)28-23(26)27-19)20(14-17)30-18-11-7-4-8-12-18/h3-15,29H,1-2H3,(H4,25,26,27,28). The lowest BCUT2D eigenvalue weighted by Gasteiger charge is -2.34. The van der Waals surface area contributed by atoms with E-state index in [9.17, 15) is 5.11 Å². The number of nitrogens with two attached hydrogens (primary N) is 2. The average molecular weight is 417 g/mol. The number of aliphatic hydroxyl groups is 1. The Hall–Kier alpha value is -3.09. The van der Waals surface area contributed by atoms with E-state index >= 15 is 0 Å². The highest BCUT2D eigenvalue weighted by atomic mass is 32.2. The Bertz CT molecular complexity index is 1180. The molecule has 0 aliphatic rings. The molecule has 0 bridgehead atoms. The van der Waals surface area contributed by atoms with Gasteiger partial charge in [0.05, 0.1) is 10.9 Å². The van der Waals surface area contributed by atoms with Gasteiger partial charge in [0.1, 0.15) is 11.4 Å². The van der Waals surface area contributed by atoms with Gasteiger partial charge in [0.2, 0.25) is 5.95 Å². The van der Waals surface area contributed by atoms with Crippen molar-refractivity contribution < 1.29 is 5.11 Å². The van der Waals surface area contributed by atoms with Gasteiger partial charge in [0.25, 0.3) is 0 Å². The van der Waals surface area contributed by atoms with E-state index in [0.717, 1.165) is 26.3 Å². The summed E-state index contributed by atoms with van der Waals surface area (Å²) in [5, 5.41) is 12.6. The first-order valence-corrected chi connectivity index (χ1v) is 10.6. The van der Waals surface area contributed by atoms with E-state index in [1.165, 1.54) is 0 Å². The molecule has 4 aromatic rings. The number of hydrogen-bond donors (Lipinski definition) is 3. The molecule has 0 saturated carbocycles. The first kappa shape index (κ1) is 20.2. The SMILES string of the molecule is CC(C)C(O)(c1ccccc1)c1cc(Sc2ccccc2)c2c(N)nc(N)nc2c1. The lowest BCUT2D eigenvalue weighted by Crippen LogP contribution is -2.33. The van der Waals surface area contributed by atoms with Crippen LogP contribution in [0, 0.1) is 5.92 Å². The monoisotopic (exact) mass is 416 g/mol. The molecule has 0 spiro atoms. The van der Waals surface area contributed by atoms with Crippen LogP contribution in [0.15, 0.2) is 82.6 Å². The Morgan fingerprint density at radius 2 is 1.50 bits per heavy atom. The molecule has 0 aliphatic heterocycles. The molecule has 0 radical (unpaired) electrons. The van der Waals surface area contributed by atoms with E-state index in [2.05, 4.69) is 9.97 Å². The molecule has 1 heterocycles. The summed E-state index contributed by atoms with van der Waals surface area (Å²) in [7, 11) is 0. The molecule has 1 atom stereocenters. The van der Waals surface area contributed by atoms with Crippen molar-refractivity contribution in [3.63, 3.8) is 0 Å². The minimum atomic E-state index is -1.20. The molecule has 0 fully saturated rings. The summed E-state index contributed by atoms with van der Waals surface area (Å²) in [5.74, 6) is 0.361. The second kappa shape index (κ2) is 7.97. The highest BCUT2D eigenvalue weighted by molar-refractivity contribution is 7.99. The molecule has 3 aromatic carbocycles. The van der Waals surface area contributed by atoms with Gasteiger partial charge in [0, 0.05) is 9.79 Å². The van der Waals surface area contributed by atoms with Crippen molar-refractivity contribution in [1.82, 2.24) is 9.97 Å². The van der Waals surface area contributed by atoms with E-state index in [-0.39, 0.29) is 11.9 Å². The van der Waals surface area contributed by atoms with Gasteiger partial charge in [-0.15, -0.1) is 0 Å². The summed E-state index contributed by atoms with van der Waals surface area (Å²) < 4.78 is 0. The Morgan fingerprint density at radius 3 is 2.13 bits per heavy atom. The fourth-order valence-electron chi connectivity index (χ4n) is 3.72. The van der Waals surface area contributed by atoms with Gasteiger partial charge in [0.15, 0.2) is 0 Å². The number of aromatic nitrogens is 2. The predicted molar refractivity (Wildman–Crippen MR) is 123 cm³/mol. The summed E-state index contributed by atoms with van der Waals surface area (Å²) in [5.41, 5.74) is 13.1. The van der Waals surface area contributed by atoms with Gasteiger partial charge in [-0.05, 0) is 41.3 Å². The molecule has 0 saturated heterocycles. The number of benzene rings is 3. The third-order valence-corrected chi connectivity index (χ3v) is 6.32. The Kier molecular flexibility index (Phi) is 5.37. The molecule has 1 unspecified atom stereocenters. The van der Waals surface area contributed by atoms with E-state index < -0.39 is 5.60 Å². The zero-order chi connectivity index (χ0) is 21.3. The number of nitrogens with zero attached hydrogens (tertiary/aromatic N) is 2. The van der Waals surface area contributed by atoms with Crippen LogP contribution in [-0.2, 0) is 5.60 Å². The van der Waals surface area contributed by atoms with Crippen LogP contribution < -0.4 is 11.5 Å². The normalized spacial score (nSPS) is 13.5. The molecular formula is C24H24N4OS. The number of nitrogen functional groups attached to an aromatic ring is 2. The van der Waals surface area contributed by atoms with Crippen LogP contribution in [0.5, 0.6) is 0 Å². The highest BCUT2D eigenvalue weighted by Crippen LogP contribution is 2.43. The predicted octanol–water partition coefficient (Wildman–Crippen LogP) is 4.84. The van der Waals surface area contributed by atoms with Crippen molar-refractivity contribution in [3.05, 3.63) is 83.9 Å². The maximum atomic E-state index is 11.9. The largest absolute Gasteiger partial charge is 0.383 e. The average Bonchev–Trinajstić information content (AvgIpc) is 2.73. The second-order valence-corrected chi connectivity index (χ2v) is 8.65. The van der Waals surface area contributed by atoms with Crippen LogP contribution in [0.3, 0.4) is 0 Å². The van der Waals surface area contributed by atoms with Gasteiger partial charge in [-0.25, -0.2) is 4.98 Å². The summed E-state index contributed by atoms with van der Waals surface area (Å²) in [6.45, 7) is 4.01. The van der Waals surface area contributed by atoms with Crippen LogP contribution >= 0.6 is 11.8 Å². The van der Waals surface area contributed by atoms with E-state index in [1.807, 2.05) is 86.6 Å². The molecule has 5 nitrogen and oxygen atoms in total. The maximum absolute atomic E-state index is 11.9. The fraction of sp³-hybridized carbons (Fsp3) is 0.167. The van der Waals surface area contributed by atoms with E-state index in [1.54, 1.807) is 11.8 Å². The third kappa shape index (κ3) is 3.60. The summed E-state index contributed by atoms with van der Waals surface area (Å²) >= 11 is 1.56. The van der Waals surface area contributed by atoms with Crippen LogP contribution in [0.2, 0.25) is 0 Å². The molecule has 0 aliphatic carbocycles. The summed E-state index contributed by atoms with van der Waals surface area (Å²) in [6, 6.07) is 23.6. The smallest absolute Gasteiger partial charge is 0.222 e. The number of anilines is 2. The zero-order valence-electron chi connectivity index (χ0n) is 16.9. The number of hydrogen-bond acceptors (Lipinski definition) is 6. The Morgan fingerprint density at radius 1 is 0.867 bits per heavy atom. The molecular weight excluding hydrogens is 392 g/mol.